The number of carbonyl (C=O) groups excluding carboxylic acids is 2. The average molecular weight is 630 g/mol. The Morgan fingerprint density at radius 2 is 1.83 bits per heavy atom. The van der Waals surface area contributed by atoms with E-state index in [0.717, 1.165) is 18.3 Å². The van der Waals surface area contributed by atoms with Crippen LogP contribution in [0.3, 0.4) is 0 Å². The number of anilines is 1. The Morgan fingerprint density at radius 3 is 2.40 bits per heavy atom. The zero-order chi connectivity index (χ0) is 22.3. The van der Waals surface area contributed by atoms with Crippen LogP contribution in [0.2, 0.25) is 0 Å². The highest BCUT2D eigenvalue weighted by atomic mass is 127. The van der Waals surface area contributed by atoms with Crippen LogP contribution < -0.4 is 10.1 Å². The second-order valence-electron chi connectivity index (χ2n) is 6.35. The van der Waals surface area contributed by atoms with Crippen molar-refractivity contribution in [2.75, 3.05) is 18.5 Å². The monoisotopic (exact) mass is 630 g/mol. The van der Waals surface area contributed by atoms with Gasteiger partial charge in [0.15, 0.2) is 6.61 Å². The molecular weight excluding hydrogens is 610 g/mol. The number of amides is 1. The van der Waals surface area contributed by atoms with Crippen LogP contribution >= 0.6 is 45.2 Å². The van der Waals surface area contributed by atoms with Gasteiger partial charge in [-0.3, -0.25) is 4.79 Å². The van der Waals surface area contributed by atoms with E-state index in [4.69, 9.17) is 9.47 Å². The van der Waals surface area contributed by atoms with E-state index in [1.807, 2.05) is 38.1 Å². The van der Waals surface area contributed by atoms with Gasteiger partial charge in [0, 0.05) is 5.69 Å². The van der Waals surface area contributed by atoms with Crippen molar-refractivity contribution >= 4 is 68.8 Å². The summed E-state index contributed by atoms with van der Waals surface area (Å²) < 4.78 is 11.9. The molecular formula is C22H20I2N2O4. The van der Waals surface area contributed by atoms with Gasteiger partial charge in [-0.05, 0) is 101 Å². The lowest BCUT2D eigenvalue weighted by molar-refractivity contribution is -0.145. The molecule has 0 saturated carbocycles. The standard InChI is InChI=1S/C22H20I2N2O4/c1-4-29-20(27)12-30-21-17(23)9-15(10-18(21)24)8-16(11-25)22(28)26-19-6-5-13(2)7-14(19)3/h5-10H,4,12H2,1-3H3,(H,26,28)/b16-8+. The molecule has 2 aromatic rings. The van der Waals surface area contributed by atoms with E-state index in [1.165, 1.54) is 6.08 Å². The topological polar surface area (TPSA) is 88.4 Å². The minimum absolute atomic E-state index is 0.0123. The van der Waals surface area contributed by atoms with Crippen LogP contribution in [0.15, 0.2) is 35.9 Å². The molecule has 0 atom stereocenters. The zero-order valence-electron chi connectivity index (χ0n) is 16.7. The number of benzene rings is 2. The highest BCUT2D eigenvalue weighted by Crippen LogP contribution is 2.30. The number of carbonyl (C=O) groups is 2. The van der Waals surface area contributed by atoms with E-state index in [9.17, 15) is 14.9 Å². The maximum atomic E-state index is 12.6. The molecule has 1 amide bonds. The maximum absolute atomic E-state index is 12.6. The highest BCUT2D eigenvalue weighted by Gasteiger charge is 2.14. The molecule has 0 aliphatic carbocycles. The van der Waals surface area contributed by atoms with Crippen LogP contribution in [-0.2, 0) is 14.3 Å². The Bertz CT molecular complexity index is 1020. The Morgan fingerprint density at radius 1 is 1.17 bits per heavy atom. The van der Waals surface area contributed by atoms with Crippen molar-refractivity contribution in [3.05, 3.63) is 59.7 Å². The van der Waals surface area contributed by atoms with Crippen molar-refractivity contribution < 1.29 is 19.1 Å². The number of nitrogens with zero attached hydrogens (tertiary/aromatic N) is 1. The fourth-order valence-corrected chi connectivity index (χ4v) is 4.72. The predicted molar refractivity (Wildman–Crippen MR) is 132 cm³/mol. The van der Waals surface area contributed by atoms with E-state index in [1.54, 1.807) is 19.1 Å². The fraction of sp³-hybridized carbons (Fsp3) is 0.227. The number of esters is 1. The largest absolute Gasteiger partial charge is 0.480 e. The van der Waals surface area contributed by atoms with Crippen molar-refractivity contribution in [3.8, 4) is 11.8 Å². The smallest absolute Gasteiger partial charge is 0.344 e. The van der Waals surface area contributed by atoms with Gasteiger partial charge in [0.1, 0.15) is 17.4 Å². The molecule has 0 saturated heterocycles. The van der Waals surface area contributed by atoms with Gasteiger partial charge in [-0.1, -0.05) is 17.7 Å². The van der Waals surface area contributed by atoms with E-state index in [-0.39, 0.29) is 12.2 Å². The molecule has 0 unspecified atom stereocenters. The summed E-state index contributed by atoms with van der Waals surface area (Å²) in [7, 11) is 0. The Kier molecular flexibility index (Phi) is 9.10. The third kappa shape index (κ3) is 6.70. The zero-order valence-corrected chi connectivity index (χ0v) is 21.0. The molecule has 0 radical (unpaired) electrons. The van der Waals surface area contributed by atoms with Crippen LogP contribution in [-0.4, -0.2) is 25.1 Å². The molecule has 2 rings (SSSR count). The van der Waals surface area contributed by atoms with Gasteiger partial charge in [0.05, 0.1) is 13.7 Å². The second kappa shape index (κ2) is 11.3. The molecule has 0 aliphatic rings. The van der Waals surface area contributed by atoms with Crippen molar-refractivity contribution in [2.24, 2.45) is 0 Å². The van der Waals surface area contributed by atoms with Gasteiger partial charge in [-0.2, -0.15) is 5.26 Å². The van der Waals surface area contributed by atoms with Crippen molar-refractivity contribution in [1.29, 1.82) is 5.26 Å². The van der Waals surface area contributed by atoms with Crippen molar-refractivity contribution in [2.45, 2.75) is 20.8 Å². The van der Waals surface area contributed by atoms with Crippen LogP contribution in [0.25, 0.3) is 6.08 Å². The molecule has 0 heterocycles. The molecule has 1 N–H and O–H groups in total. The van der Waals surface area contributed by atoms with Crippen molar-refractivity contribution in [3.63, 3.8) is 0 Å². The molecule has 0 aromatic heterocycles. The van der Waals surface area contributed by atoms with E-state index in [0.29, 0.717) is 23.6 Å². The summed E-state index contributed by atoms with van der Waals surface area (Å²) in [5.74, 6) is -0.361. The minimum atomic E-state index is -0.475. The van der Waals surface area contributed by atoms with Gasteiger partial charge in [0.2, 0.25) is 0 Å². The summed E-state index contributed by atoms with van der Waals surface area (Å²) in [6, 6.07) is 11.2. The molecule has 0 aliphatic heterocycles. The number of ether oxygens (including phenoxy) is 2. The van der Waals surface area contributed by atoms with Gasteiger partial charge in [-0.15, -0.1) is 0 Å². The first-order valence-electron chi connectivity index (χ1n) is 9.03. The number of rotatable bonds is 7. The molecule has 0 fully saturated rings. The Hall–Kier alpha value is -2.13. The maximum Gasteiger partial charge on any atom is 0.344 e. The Balaban J connectivity index is 2.21. The summed E-state index contributed by atoms with van der Waals surface area (Å²) in [6.45, 7) is 5.72. The SMILES string of the molecule is CCOC(=O)COc1c(I)cc(/C=C(\C#N)C(=O)Nc2ccc(C)cc2C)cc1I. The van der Waals surface area contributed by atoms with Gasteiger partial charge in [-0.25, -0.2) is 4.79 Å². The lowest BCUT2D eigenvalue weighted by Gasteiger charge is -2.11. The fourth-order valence-electron chi connectivity index (χ4n) is 2.59. The first-order chi connectivity index (χ1) is 14.2. The van der Waals surface area contributed by atoms with Gasteiger partial charge >= 0.3 is 5.97 Å². The number of nitrogens with one attached hydrogen (secondary N) is 1. The highest BCUT2D eigenvalue weighted by molar-refractivity contribution is 14.1. The van der Waals surface area contributed by atoms with E-state index >= 15 is 0 Å². The summed E-state index contributed by atoms with van der Waals surface area (Å²) >= 11 is 4.17. The molecule has 0 spiro atoms. The van der Waals surface area contributed by atoms with Crippen molar-refractivity contribution in [1.82, 2.24) is 0 Å². The molecule has 2 aromatic carbocycles. The first kappa shape index (κ1) is 24.1. The number of hydrogen-bond donors (Lipinski definition) is 1. The van der Waals surface area contributed by atoms with E-state index in [2.05, 4.69) is 50.5 Å². The number of aryl methyl sites for hydroxylation is 2. The van der Waals surface area contributed by atoms with Crippen LogP contribution in [0.1, 0.15) is 23.6 Å². The van der Waals surface area contributed by atoms with Gasteiger partial charge < -0.3 is 14.8 Å². The average Bonchev–Trinajstić information content (AvgIpc) is 2.67. The summed E-state index contributed by atoms with van der Waals surface area (Å²) in [6.07, 6.45) is 1.53. The van der Waals surface area contributed by atoms with Crippen LogP contribution in [0.5, 0.6) is 5.75 Å². The molecule has 156 valence electrons. The quantitative estimate of drug-likeness (QED) is 0.202. The van der Waals surface area contributed by atoms with Crippen LogP contribution in [0.4, 0.5) is 5.69 Å². The lowest BCUT2D eigenvalue weighted by Crippen LogP contribution is -2.15. The third-order valence-electron chi connectivity index (χ3n) is 3.97. The molecule has 30 heavy (non-hydrogen) atoms. The second-order valence-corrected chi connectivity index (χ2v) is 8.67. The Labute approximate surface area is 202 Å². The molecule has 0 bridgehead atoms. The van der Waals surface area contributed by atoms with Crippen LogP contribution in [0, 0.1) is 32.3 Å². The lowest BCUT2D eigenvalue weighted by atomic mass is 10.1. The summed E-state index contributed by atoms with van der Waals surface area (Å²) in [4.78, 5) is 24.1. The van der Waals surface area contributed by atoms with Gasteiger partial charge in [0.25, 0.3) is 5.91 Å². The number of halogens is 2. The molecule has 8 heteroatoms. The number of hydrogen-bond acceptors (Lipinski definition) is 5. The minimum Gasteiger partial charge on any atom is -0.480 e. The molecule has 6 nitrogen and oxygen atoms in total. The predicted octanol–water partition coefficient (Wildman–Crippen LogP) is 5.00. The number of nitriles is 1. The summed E-state index contributed by atoms with van der Waals surface area (Å²) in [5.41, 5.74) is 3.35. The van der Waals surface area contributed by atoms with E-state index < -0.39 is 11.9 Å². The summed E-state index contributed by atoms with van der Waals surface area (Å²) in [5, 5.41) is 12.3. The normalized spacial score (nSPS) is 10.9. The first-order valence-corrected chi connectivity index (χ1v) is 11.2. The third-order valence-corrected chi connectivity index (χ3v) is 5.57.